The van der Waals surface area contributed by atoms with Crippen LogP contribution in [0.25, 0.3) is 16.7 Å². The lowest BCUT2D eigenvalue weighted by Gasteiger charge is -2.31. The lowest BCUT2D eigenvalue weighted by atomic mass is 10.1. The molecule has 0 saturated carbocycles. The highest BCUT2D eigenvalue weighted by Crippen LogP contribution is 2.28. The Morgan fingerprint density at radius 3 is 2.82 bits per heavy atom. The fourth-order valence-electron chi connectivity index (χ4n) is 3.35. The Morgan fingerprint density at radius 1 is 1.29 bits per heavy atom. The van der Waals surface area contributed by atoms with Crippen molar-refractivity contribution in [3.63, 3.8) is 0 Å². The van der Waals surface area contributed by atoms with Crippen LogP contribution in [0.1, 0.15) is 23.2 Å². The van der Waals surface area contributed by atoms with Crippen molar-refractivity contribution in [1.29, 1.82) is 0 Å². The maximum absolute atomic E-state index is 13.3. The van der Waals surface area contributed by atoms with E-state index in [1.807, 2.05) is 23.0 Å². The molecular weight excluding hydrogens is 368 g/mol. The number of fused-ring (bicyclic) bond motifs is 1. The molecule has 4 heterocycles. The Kier molecular flexibility index (Phi) is 4.84. The Hall–Kier alpha value is -2.81. The minimum atomic E-state index is -2.68. The Labute approximate surface area is 160 Å². The van der Waals surface area contributed by atoms with Crippen LogP contribution in [0, 0.1) is 0 Å². The van der Waals surface area contributed by atoms with Gasteiger partial charge < -0.3 is 9.64 Å². The monoisotopic (exact) mass is 389 g/mol. The molecule has 0 radical (unpaired) electrons. The number of methoxy groups -OCH3 is 1. The maximum Gasteiger partial charge on any atom is 0.255 e. The predicted molar refractivity (Wildman–Crippen MR) is 98.8 cm³/mol. The van der Waals surface area contributed by atoms with E-state index >= 15 is 0 Å². The number of pyridine rings is 1. The number of ether oxygens (including phenoxy) is 1. The maximum atomic E-state index is 13.3. The van der Waals surface area contributed by atoms with Crippen molar-refractivity contribution in [2.45, 2.75) is 25.3 Å². The van der Waals surface area contributed by atoms with Crippen molar-refractivity contribution < 1.29 is 18.3 Å². The van der Waals surface area contributed by atoms with E-state index < -0.39 is 5.92 Å². The van der Waals surface area contributed by atoms with Gasteiger partial charge in [0.1, 0.15) is 5.65 Å². The summed E-state index contributed by atoms with van der Waals surface area (Å²) in [6, 6.07) is 3.62. The fraction of sp³-hybridized carbons (Fsp3) is 0.421. The predicted octanol–water partition coefficient (Wildman–Crippen LogP) is 2.74. The lowest BCUT2D eigenvalue weighted by molar-refractivity contribution is -0.0494. The van der Waals surface area contributed by atoms with Gasteiger partial charge in [-0.3, -0.25) is 14.0 Å². The Bertz CT molecular complexity index is 987. The number of piperidine rings is 1. The minimum Gasteiger partial charge on any atom is -0.383 e. The van der Waals surface area contributed by atoms with Crippen LogP contribution in [-0.4, -0.2) is 62.9 Å². The summed E-state index contributed by atoms with van der Waals surface area (Å²) < 4.78 is 35.4. The molecule has 0 atom stereocenters. The van der Waals surface area contributed by atoms with Crippen molar-refractivity contribution in [1.82, 2.24) is 24.2 Å². The first kappa shape index (κ1) is 18.5. The Morgan fingerprint density at radius 2 is 2.07 bits per heavy atom. The van der Waals surface area contributed by atoms with E-state index in [0.717, 1.165) is 11.1 Å². The van der Waals surface area contributed by atoms with Gasteiger partial charge in [0.25, 0.3) is 11.8 Å². The van der Waals surface area contributed by atoms with Gasteiger partial charge in [0.2, 0.25) is 0 Å². The highest BCUT2D eigenvalue weighted by molar-refractivity contribution is 5.97. The van der Waals surface area contributed by atoms with Gasteiger partial charge in [0.15, 0.2) is 0 Å². The number of hydrogen-bond acceptors (Lipinski definition) is 4. The quantitative estimate of drug-likeness (QED) is 0.673. The molecule has 1 saturated heterocycles. The molecule has 0 N–H and O–H groups in total. The molecule has 4 rings (SSSR count). The van der Waals surface area contributed by atoms with Gasteiger partial charge in [-0.2, -0.15) is 5.10 Å². The molecule has 3 aromatic rings. The van der Waals surface area contributed by atoms with E-state index in [2.05, 4.69) is 10.1 Å². The zero-order valence-corrected chi connectivity index (χ0v) is 15.5. The second-order valence-electron chi connectivity index (χ2n) is 6.93. The summed E-state index contributed by atoms with van der Waals surface area (Å²) in [4.78, 5) is 18.6. The molecule has 3 aromatic heterocycles. The molecule has 7 nitrogen and oxygen atoms in total. The smallest absolute Gasteiger partial charge is 0.255 e. The summed E-state index contributed by atoms with van der Waals surface area (Å²) in [5.41, 5.74) is 1.97. The van der Waals surface area contributed by atoms with Crippen LogP contribution in [0.5, 0.6) is 0 Å². The van der Waals surface area contributed by atoms with Crippen molar-refractivity contribution in [2.24, 2.45) is 0 Å². The van der Waals surface area contributed by atoms with Crippen molar-refractivity contribution >= 4 is 16.9 Å². The Balaban J connectivity index is 1.54. The first-order valence-corrected chi connectivity index (χ1v) is 9.13. The van der Waals surface area contributed by atoms with Crippen LogP contribution in [0.3, 0.4) is 0 Å². The molecule has 1 fully saturated rings. The number of hydrogen-bond donors (Lipinski definition) is 0. The summed E-state index contributed by atoms with van der Waals surface area (Å²) in [6.07, 6.45) is 6.42. The molecule has 0 spiro atoms. The zero-order chi connectivity index (χ0) is 19.7. The number of carbonyl (C=O) groups is 1. The van der Waals surface area contributed by atoms with Crippen LogP contribution in [0.4, 0.5) is 8.78 Å². The minimum absolute atomic E-state index is 0.0611. The average Bonchev–Trinajstić information content (AvgIpc) is 3.31. The third kappa shape index (κ3) is 3.62. The zero-order valence-electron chi connectivity index (χ0n) is 15.5. The largest absolute Gasteiger partial charge is 0.383 e. The van der Waals surface area contributed by atoms with E-state index in [-0.39, 0.29) is 31.8 Å². The third-order valence-corrected chi connectivity index (χ3v) is 4.98. The molecule has 148 valence electrons. The van der Waals surface area contributed by atoms with Crippen LogP contribution in [-0.2, 0) is 11.3 Å². The molecule has 1 amide bonds. The van der Waals surface area contributed by atoms with Gasteiger partial charge in [0.05, 0.1) is 30.6 Å². The summed E-state index contributed by atoms with van der Waals surface area (Å²) in [5.74, 6) is -2.94. The molecule has 9 heteroatoms. The van der Waals surface area contributed by atoms with Gasteiger partial charge in [-0.1, -0.05) is 0 Å². The fourth-order valence-corrected chi connectivity index (χ4v) is 3.35. The van der Waals surface area contributed by atoms with E-state index in [1.165, 1.54) is 11.1 Å². The van der Waals surface area contributed by atoms with E-state index in [0.29, 0.717) is 24.4 Å². The first-order valence-electron chi connectivity index (χ1n) is 9.13. The standard InChI is InChI=1S/C19H21F2N5O2/c1-28-9-8-25-13-16(12-23-25)26-5-2-14-10-15(11-22-17(14)26)18(27)24-6-3-19(20,21)4-7-24/h2,5,10-13H,3-4,6-9H2,1H3. The molecule has 28 heavy (non-hydrogen) atoms. The lowest BCUT2D eigenvalue weighted by Crippen LogP contribution is -2.42. The number of aromatic nitrogens is 4. The molecule has 1 aliphatic heterocycles. The SMILES string of the molecule is COCCn1cc(-n2ccc3cc(C(=O)N4CCC(F)(F)CC4)cnc32)cn1. The number of nitrogens with zero attached hydrogens (tertiary/aromatic N) is 5. The summed E-state index contributed by atoms with van der Waals surface area (Å²) in [5, 5.41) is 5.10. The van der Waals surface area contributed by atoms with E-state index in [1.54, 1.807) is 24.1 Å². The third-order valence-electron chi connectivity index (χ3n) is 4.98. The van der Waals surface area contributed by atoms with Gasteiger partial charge >= 0.3 is 0 Å². The van der Waals surface area contributed by atoms with Gasteiger partial charge in [0, 0.05) is 57.0 Å². The van der Waals surface area contributed by atoms with Gasteiger partial charge in [-0.15, -0.1) is 0 Å². The van der Waals surface area contributed by atoms with Crippen LogP contribution in [0.15, 0.2) is 36.9 Å². The van der Waals surface area contributed by atoms with Crippen molar-refractivity contribution in [3.05, 3.63) is 42.5 Å². The van der Waals surface area contributed by atoms with Crippen molar-refractivity contribution in [3.8, 4) is 5.69 Å². The van der Waals surface area contributed by atoms with Crippen LogP contribution < -0.4 is 0 Å². The second kappa shape index (κ2) is 7.31. The number of likely N-dealkylation sites (tertiary alicyclic amines) is 1. The van der Waals surface area contributed by atoms with Gasteiger partial charge in [-0.25, -0.2) is 13.8 Å². The number of amides is 1. The van der Waals surface area contributed by atoms with Crippen LogP contribution >= 0.6 is 0 Å². The second-order valence-corrected chi connectivity index (χ2v) is 6.93. The molecular formula is C19H21F2N5O2. The molecule has 0 bridgehead atoms. The number of rotatable bonds is 5. The molecule has 0 unspecified atom stereocenters. The normalized spacial score (nSPS) is 16.6. The number of carbonyl (C=O) groups excluding carboxylic acids is 1. The van der Waals surface area contributed by atoms with Gasteiger partial charge in [-0.05, 0) is 12.1 Å². The van der Waals surface area contributed by atoms with E-state index in [9.17, 15) is 13.6 Å². The number of alkyl halides is 2. The van der Waals surface area contributed by atoms with E-state index in [4.69, 9.17) is 4.74 Å². The highest BCUT2D eigenvalue weighted by Gasteiger charge is 2.35. The summed E-state index contributed by atoms with van der Waals surface area (Å²) in [6.45, 7) is 1.34. The summed E-state index contributed by atoms with van der Waals surface area (Å²) in [7, 11) is 1.64. The topological polar surface area (TPSA) is 65.2 Å². The number of halogens is 2. The highest BCUT2D eigenvalue weighted by atomic mass is 19.3. The van der Waals surface area contributed by atoms with Crippen molar-refractivity contribution in [2.75, 3.05) is 26.8 Å². The van der Waals surface area contributed by atoms with Crippen LogP contribution in [0.2, 0.25) is 0 Å². The molecule has 0 aliphatic carbocycles. The first-order chi connectivity index (χ1) is 13.5. The summed E-state index contributed by atoms with van der Waals surface area (Å²) >= 11 is 0. The molecule has 0 aromatic carbocycles. The average molecular weight is 389 g/mol. The molecule has 1 aliphatic rings.